The topological polar surface area (TPSA) is 117 Å². The number of carboxylic acid groups (broad SMARTS) is 1. The molecule has 2 amide bonds. The van der Waals surface area contributed by atoms with Crippen LogP contribution in [-0.2, 0) is 0 Å². The fourth-order valence-corrected chi connectivity index (χ4v) is 1.77. The van der Waals surface area contributed by atoms with Crippen molar-refractivity contribution in [1.82, 2.24) is 4.98 Å². The highest BCUT2D eigenvalue weighted by atomic mass is 35.5. The van der Waals surface area contributed by atoms with Crippen molar-refractivity contribution in [3.63, 3.8) is 0 Å². The summed E-state index contributed by atoms with van der Waals surface area (Å²) in [5.41, 5.74) is 6.53. The predicted octanol–water partition coefficient (Wildman–Crippen LogP) is 2.66. The first-order valence-corrected chi connectivity index (χ1v) is 6.17. The average Bonchev–Trinajstić information content (AvgIpc) is 2.41. The molecule has 0 radical (unpaired) electrons. The van der Waals surface area contributed by atoms with Crippen LogP contribution in [0.15, 0.2) is 36.4 Å². The van der Waals surface area contributed by atoms with Crippen LogP contribution < -0.4 is 16.4 Å². The van der Waals surface area contributed by atoms with Crippen LogP contribution in [0.3, 0.4) is 0 Å². The number of carbonyl (C=O) groups excluding carboxylic acids is 1. The Kier molecular flexibility index (Phi) is 4.24. The van der Waals surface area contributed by atoms with E-state index in [2.05, 4.69) is 15.6 Å². The Morgan fingerprint density at radius 2 is 1.95 bits per heavy atom. The van der Waals surface area contributed by atoms with E-state index in [-0.39, 0.29) is 22.2 Å². The zero-order valence-electron chi connectivity index (χ0n) is 10.6. The summed E-state index contributed by atoms with van der Waals surface area (Å²) in [6.07, 6.45) is -1.21. The molecule has 1 heterocycles. The van der Waals surface area contributed by atoms with Crippen LogP contribution in [0.2, 0.25) is 5.15 Å². The Labute approximate surface area is 124 Å². The molecular weight excluding hydrogens is 296 g/mol. The summed E-state index contributed by atoms with van der Waals surface area (Å²) in [6, 6.07) is 9.06. The molecule has 0 atom stereocenters. The number of amides is 2. The van der Waals surface area contributed by atoms with Crippen molar-refractivity contribution >= 4 is 40.8 Å². The lowest BCUT2D eigenvalue weighted by Crippen LogP contribution is -2.14. The summed E-state index contributed by atoms with van der Waals surface area (Å²) in [5, 5.41) is 13.6. The summed E-state index contributed by atoms with van der Waals surface area (Å²) in [7, 11) is 0. The number of anilines is 3. The number of nitrogens with one attached hydrogen (secondary N) is 2. The number of nitrogens with zero attached hydrogens (tertiary/aromatic N) is 1. The number of carbonyl (C=O) groups is 2. The molecule has 0 aliphatic rings. The van der Waals surface area contributed by atoms with Crippen LogP contribution in [0.4, 0.5) is 22.0 Å². The lowest BCUT2D eigenvalue weighted by Gasteiger charge is -2.08. The summed E-state index contributed by atoms with van der Waals surface area (Å²) in [4.78, 5) is 26.5. The SMILES string of the molecule is Nc1nc(Cl)ccc1NC(=O)c1cccc(NC(=O)O)c1. The first-order chi connectivity index (χ1) is 9.95. The second kappa shape index (κ2) is 6.10. The number of halogens is 1. The quantitative estimate of drug-likeness (QED) is 0.650. The molecule has 8 heteroatoms. The molecule has 21 heavy (non-hydrogen) atoms. The Bertz CT molecular complexity index is 706. The molecular formula is C13H11ClN4O3. The maximum Gasteiger partial charge on any atom is 0.409 e. The van der Waals surface area contributed by atoms with Gasteiger partial charge in [0.2, 0.25) is 0 Å². The molecule has 0 aliphatic heterocycles. The standard InChI is InChI=1S/C13H11ClN4O3/c14-10-5-4-9(11(15)18-10)17-12(19)7-2-1-3-8(6-7)16-13(20)21/h1-6,16H,(H2,15,18)(H,17,19)(H,20,21). The summed E-state index contributed by atoms with van der Waals surface area (Å²) < 4.78 is 0. The van der Waals surface area contributed by atoms with Gasteiger partial charge in [-0.1, -0.05) is 17.7 Å². The fourth-order valence-electron chi connectivity index (χ4n) is 1.61. The molecule has 0 fully saturated rings. The van der Waals surface area contributed by atoms with Crippen LogP contribution in [0, 0.1) is 0 Å². The van der Waals surface area contributed by atoms with E-state index in [1.165, 1.54) is 24.3 Å². The van der Waals surface area contributed by atoms with E-state index in [4.69, 9.17) is 22.4 Å². The third-order valence-corrected chi connectivity index (χ3v) is 2.73. The molecule has 5 N–H and O–H groups in total. The average molecular weight is 307 g/mol. The minimum Gasteiger partial charge on any atom is -0.465 e. The van der Waals surface area contributed by atoms with Gasteiger partial charge < -0.3 is 16.2 Å². The molecule has 0 spiro atoms. The van der Waals surface area contributed by atoms with E-state index in [9.17, 15) is 9.59 Å². The van der Waals surface area contributed by atoms with Gasteiger partial charge in [0.1, 0.15) is 11.0 Å². The van der Waals surface area contributed by atoms with Gasteiger partial charge in [-0.05, 0) is 30.3 Å². The highest BCUT2D eigenvalue weighted by Crippen LogP contribution is 2.20. The van der Waals surface area contributed by atoms with Gasteiger partial charge in [0.25, 0.3) is 5.91 Å². The van der Waals surface area contributed by atoms with Crippen molar-refractivity contribution in [2.75, 3.05) is 16.4 Å². The molecule has 7 nitrogen and oxygen atoms in total. The minimum absolute atomic E-state index is 0.0932. The third-order valence-electron chi connectivity index (χ3n) is 2.51. The van der Waals surface area contributed by atoms with E-state index in [0.717, 1.165) is 0 Å². The van der Waals surface area contributed by atoms with Gasteiger partial charge in [-0.25, -0.2) is 9.78 Å². The largest absolute Gasteiger partial charge is 0.465 e. The zero-order chi connectivity index (χ0) is 15.4. The maximum atomic E-state index is 12.1. The third kappa shape index (κ3) is 3.83. The predicted molar refractivity (Wildman–Crippen MR) is 79.7 cm³/mol. The van der Waals surface area contributed by atoms with E-state index < -0.39 is 12.0 Å². The Morgan fingerprint density at radius 1 is 1.19 bits per heavy atom. The second-order valence-corrected chi connectivity index (χ2v) is 4.42. The van der Waals surface area contributed by atoms with Crippen LogP contribution in [0.5, 0.6) is 0 Å². The highest BCUT2D eigenvalue weighted by molar-refractivity contribution is 6.29. The van der Waals surface area contributed by atoms with Crippen LogP contribution in [0.1, 0.15) is 10.4 Å². The van der Waals surface area contributed by atoms with Gasteiger partial charge in [-0.15, -0.1) is 0 Å². The van der Waals surface area contributed by atoms with Crippen molar-refractivity contribution in [2.45, 2.75) is 0 Å². The summed E-state index contributed by atoms with van der Waals surface area (Å²) >= 11 is 5.67. The number of hydrogen-bond donors (Lipinski definition) is 4. The number of hydrogen-bond acceptors (Lipinski definition) is 4. The number of pyridine rings is 1. The van der Waals surface area contributed by atoms with Gasteiger partial charge >= 0.3 is 6.09 Å². The first kappa shape index (κ1) is 14.6. The number of rotatable bonds is 3. The fraction of sp³-hybridized carbons (Fsp3) is 0. The lowest BCUT2D eigenvalue weighted by atomic mass is 10.2. The van der Waals surface area contributed by atoms with E-state index in [0.29, 0.717) is 5.69 Å². The van der Waals surface area contributed by atoms with Crippen molar-refractivity contribution in [3.8, 4) is 0 Å². The molecule has 2 rings (SSSR count). The molecule has 1 aromatic carbocycles. The Balaban J connectivity index is 2.18. The van der Waals surface area contributed by atoms with Gasteiger partial charge in [0.15, 0.2) is 0 Å². The number of nitrogens with two attached hydrogens (primary N) is 1. The molecule has 0 saturated heterocycles. The van der Waals surface area contributed by atoms with Crippen molar-refractivity contribution < 1.29 is 14.7 Å². The van der Waals surface area contributed by atoms with E-state index >= 15 is 0 Å². The molecule has 108 valence electrons. The Morgan fingerprint density at radius 3 is 2.62 bits per heavy atom. The molecule has 0 unspecified atom stereocenters. The maximum absolute atomic E-state index is 12.1. The van der Waals surface area contributed by atoms with Crippen LogP contribution >= 0.6 is 11.6 Å². The van der Waals surface area contributed by atoms with E-state index in [1.54, 1.807) is 12.1 Å². The van der Waals surface area contributed by atoms with E-state index in [1.807, 2.05) is 0 Å². The van der Waals surface area contributed by atoms with Gasteiger partial charge in [-0.3, -0.25) is 10.1 Å². The lowest BCUT2D eigenvalue weighted by molar-refractivity contribution is 0.102. The van der Waals surface area contributed by atoms with Crippen molar-refractivity contribution in [2.24, 2.45) is 0 Å². The van der Waals surface area contributed by atoms with Crippen molar-refractivity contribution in [3.05, 3.63) is 47.1 Å². The second-order valence-electron chi connectivity index (χ2n) is 4.03. The molecule has 0 bridgehead atoms. The minimum atomic E-state index is -1.21. The van der Waals surface area contributed by atoms with Crippen LogP contribution in [0.25, 0.3) is 0 Å². The monoisotopic (exact) mass is 306 g/mol. The van der Waals surface area contributed by atoms with Crippen molar-refractivity contribution in [1.29, 1.82) is 0 Å². The first-order valence-electron chi connectivity index (χ1n) is 5.79. The number of aromatic nitrogens is 1. The molecule has 1 aromatic heterocycles. The van der Waals surface area contributed by atoms with Gasteiger partial charge in [-0.2, -0.15) is 0 Å². The van der Waals surface area contributed by atoms with Gasteiger partial charge in [0.05, 0.1) is 5.69 Å². The zero-order valence-corrected chi connectivity index (χ0v) is 11.4. The Hall–Kier alpha value is -2.80. The van der Waals surface area contributed by atoms with Crippen LogP contribution in [-0.4, -0.2) is 22.1 Å². The smallest absolute Gasteiger partial charge is 0.409 e. The highest BCUT2D eigenvalue weighted by Gasteiger charge is 2.10. The summed E-state index contributed by atoms with van der Waals surface area (Å²) in [6.45, 7) is 0. The molecule has 0 saturated carbocycles. The van der Waals surface area contributed by atoms with Gasteiger partial charge in [0, 0.05) is 11.3 Å². The summed E-state index contributed by atoms with van der Waals surface area (Å²) in [5.74, 6) is -0.351. The normalized spacial score (nSPS) is 9.95. The number of benzene rings is 1. The molecule has 0 aliphatic carbocycles. The number of nitrogen functional groups attached to an aromatic ring is 1. The molecule has 2 aromatic rings.